The lowest BCUT2D eigenvalue weighted by molar-refractivity contribution is -0.125. The Morgan fingerprint density at radius 1 is 1.00 bits per heavy atom. The van der Waals surface area contributed by atoms with Gasteiger partial charge in [-0.05, 0) is 49.1 Å². The SMILES string of the molecule is C[C@@H]1CCCC[C@@H]1NC(=O)COC(=O)c1ccccc1C(=O)c1ccc(Cl)cc1. The number of nitrogens with one attached hydrogen (secondary N) is 1. The summed E-state index contributed by atoms with van der Waals surface area (Å²) in [5, 5.41) is 3.47. The lowest BCUT2D eigenvalue weighted by atomic mass is 9.86. The number of esters is 1. The molecule has 2 atom stereocenters. The highest BCUT2D eigenvalue weighted by Crippen LogP contribution is 2.23. The summed E-state index contributed by atoms with van der Waals surface area (Å²) in [6, 6.07) is 13.0. The van der Waals surface area contributed by atoms with E-state index in [-0.39, 0.29) is 35.5 Å². The van der Waals surface area contributed by atoms with Gasteiger partial charge in [0, 0.05) is 22.2 Å². The van der Waals surface area contributed by atoms with Crippen LogP contribution in [0, 0.1) is 5.92 Å². The van der Waals surface area contributed by atoms with Crippen LogP contribution in [0.4, 0.5) is 0 Å². The molecule has 1 saturated carbocycles. The third kappa shape index (κ3) is 5.45. The van der Waals surface area contributed by atoms with Gasteiger partial charge in [-0.15, -0.1) is 0 Å². The highest BCUT2D eigenvalue weighted by molar-refractivity contribution is 6.30. The Hall–Kier alpha value is -2.66. The zero-order valence-corrected chi connectivity index (χ0v) is 17.1. The predicted octanol–water partition coefficient (Wildman–Crippen LogP) is 4.42. The summed E-state index contributed by atoms with van der Waals surface area (Å²) in [6.07, 6.45) is 4.31. The number of ether oxygens (including phenoxy) is 1. The minimum atomic E-state index is -0.699. The van der Waals surface area contributed by atoms with Crippen LogP contribution in [0.2, 0.25) is 5.02 Å². The molecule has 0 unspecified atom stereocenters. The molecule has 1 aliphatic rings. The van der Waals surface area contributed by atoms with E-state index in [0.717, 1.165) is 19.3 Å². The molecule has 5 nitrogen and oxygen atoms in total. The summed E-state index contributed by atoms with van der Waals surface area (Å²) in [7, 11) is 0. The van der Waals surface area contributed by atoms with Crippen molar-refractivity contribution < 1.29 is 19.1 Å². The van der Waals surface area contributed by atoms with Gasteiger partial charge in [0.1, 0.15) is 0 Å². The molecule has 0 aromatic heterocycles. The second-order valence-corrected chi connectivity index (χ2v) is 7.83. The van der Waals surface area contributed by atoms with E-state index in [0.29, 0.717) is 16.5 Å². The maximum absolute atomic E-state index is 12.8. The van der Waals surface area contributed by atoms with Crippen LogP contribution in [0.25, 0.3) is 0 Å². The average molecular weight is 414 g/mol. The smallest absolute Gasteiger partial charge is 0.339 e. The van der Waals surface area contributed by atoms with E-state index in [1.165, 1.54) is 12.5 Å². The average Bonchev–Trinajstić information content (AvgIpc) is 2.74. The Kier molecular flexibility index (Phi) is 7.04. The predicted molar refractivity (Wildman–Crippen MR) is 111 cm³/mol. The quantitative estimate of drug-likeness (QED) is 0.562. The number of ketones is 1. The van der Waals surface area contributed by atoms with Gasteiger partial charge in [0.25, 0.3) is 5.91 Å². The van der Waals surface area contributed by atoms with Crippen LogP contribution in [0.15, 0.2) is 48.5 Å². The van der Waals surface area contributed by atoms with Gasteiger partial charge in [-0.25, -0.2) is 4.79 Å². The van der Waals surface area contributed by atoms with Crippen molar-refractivity contribution in [1.29, 1.82) is 0 Å². The van der Waals surface area contributed by atoms with Crippen molar-refractivity contribution in [2.45, 2.75) is 38.6 Å². The number of hydrogen-bond donors (Lipinski definition) is 1. The molecule has 2 aromatic carbocycles. The Balaban J connectivity index is 1.64. The van der Waals surface area contributed by atoms with Crippen molar-refractivity contribution in [3.63, 3.8) is 0 Å². The maximum atomic E-state index is 12.8. The van der Waals surface area contributed by atoms with Crippen LogP contribution in [-0.2, 0) is 9.53 Å². The van der Waals surface area contributed by atoms with Crippen LogP contribution in [0.3, 0.4) is 0 Å². The summed E-state index contributed by atoms with van der Waals surface area (Å²) >= 11 is 5.87. The summed E-state index contributed by atoms with van der Waals surface area (Å²) in [5.41, 5.74) is 0.770. The van der Waals surface area contributed by atoms with Crippen LogP contribution in [0.1, 0.15) is 58.9 Å². The molecule has 1 aliphatic carbocycles. The van der Waals surface area contributed by atoms with E-state index in [2.05, 4.69) is 12.2 Å². The molecule has 0 aliphatic heterocycles. The molecule has 2 aromatic rings. The zero-order valence-electron chi connectivity index (χ0n) is 16.3. The molecule has 3 rings (SSSR count). The third-order valence-corrected chi connectivity index (χ3v) is 5.54. The van der Waals surface area contributed by atoms with Crippen molar-refractivity contribution in [2.75, 3.05) is 6.61 Å². The van der Waals surface area contributed by atoms with Gasteiger partial charge in [-0.2, -0.15) is 0 Å². The van der Waals surface area contributed by atoms with Crippen LogP contribution < -0.4 is 5.32 Å². The summed E-state index contributed by atoms with van der Waals surface area (Å²) in [4.78, 5) is 37.5. The van der Waals surface area contributed by atoms with Gasteiger partial charge in [0.15, 0.2) is 12.4 Å². The highest BCUT2D eigenvalue weighted by atomic mass is 35.5. The van der Waals surface area contributed by atoms with E-state index in [4.69, 9.17) is 16.3 Å². The van der Waals surface area contributed by atoms with E-state index < -0.39 is 5.97 Å². The number of rotatable bonds is 6. The number of carbonyl (C=O) groups is 3. The van der Waals surface area contributed by atoms with Crippen molar-refractivity contribution in [1.82, 2.24) is 5.32 Å². The minimum absolute atomic E-state index is 0.119. The Labute approximate surface area is 175 Å². The molecule has 0 heterocycles. The highest BCUT2D eigenvalue weighted by Gasteiger charge is 2.24. The van der Waals surface area contributed by atoms with Gasteiger partial charge in [0.05, 0.1) is 5.56 Å². The van der Waals surface area contributed by atoms with E-state index in [9.17, 15) is 14.4 Å². The molecular weight excluding hydrogens is 390 g/mol. The van der Waals surface area contributed by atoms with Gasteiger partial charge in [-0.1, -0.05) is 49.6 Å². The lowest BCUT2D eigenvalue weighted by Gasteiger charge is -2.29. The van der Waals surface area contributed by atoms with Crippen LogP contribution >= 0.6 is 11.6 Å². The van der Waals surface area contributed by atoms with Crippen LogP contribution in [-0.4, -0.2) is 30.3 Å². The zero-order chi connectivity index (χ0) is 20.8. The number of halogens is 1. The molecule has 0 radical (unpaired) electrons. The molecule has 6 heteroatoms. The van der Waals surface area contributed by atoms with Gasteiger partial charge >= 0.3 is 5.97 Å². The monoisotopic (exact) mass is 413 g/mol. The van der Waals surface area contributed by atoms with Gasteiger partial charge < -0.3 is 10.1 Å². The van der Waals surface area contributed by atoms with Crippen molar-refractivity contribution in [3.05, 3.63) is 70.2 Å². The molecule has 0 bridgehead atoms. The molecule has 1 fully saturated rings. The second-order valence-electron chi connectivity index (χ2n) is 7.39. The first kappa shape index (κ1) is 21.1. The van der Waals surface area contributed by atoms with Crippen molar-refractivity contribution in [2.24, 2.45) is 5.92 Å². The van der Waals surface area contributed by atoms with E-state index in [1.807, 2.05) is 0 Å². The molecule has 29 heavy (non-hydrogen) atoms. The fraction of sp³-hybridized carbons (Fsp3) is 0.348. The molecule has 0 saturated heterocycles. The minimum Gasteiger partial charge on any atom is -0.452 e. The topological polar surface area (TPSA) is 72.5 Å². The molecular formula is C23H24ClNO4. The molecule has 0 spiro atoms. The largest absolute Gasteiger partial charge is 0.452 e. The standard InChI is InChI=1S/C23H24ClNO4/c1-15-6-2-5-9-20(15)25-21(26)14-29-23(28)19-8-4-3-7-18(19)22(27)16-10-12-17(24)13-11-16/h3-4,7-8,10-13,15,20H,2,5-6,9,14H2,1H3,(H,25,26)/t15-,20+/m1/s1. The van der Waals surface area contributed by atoms with E-state index in [1.54, 1.807) is 42.5 Å². The number of benzene rings is 2. The van der Waals surface area contributed by atoms with Crippen molar-refractivity contribution >= 4 is 29.3 Å². The normalized spacial score (nSPS) is 18.7. The van der Waals surface area contributed by atoms with Crippen molar-refractivity contribution in [3.8, 4) is 0 Å². The molecule has 1 N–H and O–H groups in total. The lowest BCUT2D eigenvalue weighted by Crippen LogP contribution is -2.42. The summed E-state index contributed by atoms with van der Waals surface area (Å²) < 4.78 is 5.19. The Morgan fingerprint density at radius 2 is 1.66 bits per heavy atom. The second kappa shape index (κ2) is 9.70. The first-order valence-corrected chi connectivity index (χ1v) is 10.2. The van der Waals surface area contributed by atoms with Gasteiger partial charge in [0.2, 0.25) is 0 Å². The Morgan fingerprint density at radius 3 is 2.34 bits per heavy atom. The fourth-order valence-electron chi connectivity index (χ4n) is 3.60. The maximum Gasteiger partial charge on any atom is 0.339 e. The Bertz CT molecular complexity index is 894. The van der Waals surface area contributed by atoms with E-state index >= 15 is 0 Å². The summed E-state index contributed by atoms with van der Waals surface area (Å²) in [6.45, 7) is 1.75. The first-order valence-electron chi connectivity index (χ1n) is 9.81. The third-order valence-electron chi connectivity index (χ3n) is 5.29. The molecule has 1 amide bonds. The van der Waals surface area contributed by atoms with Gasteiger partial charge in [-0.3, -0.25) is 9.59 Å². The number of amides is 1. The first-order chi connectivity index (χ1) is 14.0. The summed E-state index contributed by atoms with van der Waals surface area (Å²) in [5.74, 6) is -0.913. The number of carbonyl (C=O) groups excluding carboxylic acids is 3. The number of hydrogen-bond acceptors (Lipinski definition) is 4. The fourth-order valence-corrected chi connectivity index (χ4v) is 3.73. The molecule has 152 valence electrons. The van der Waals surface area contributed by atoms with Crippen LogP contribution in [0.5, 0.6) is 0 Å².